The molecule has 1 aliphatic rings. The molecule has 1 unspecified atom stereocenters. The van der Waals surface area contributed by atoms with E-state index < -0.39 is 17.8 Å². The van der Waals surface area contributed by atoms with Crippen LogP contribution in [0.2, 0.25) is 5.02 Å². The van der Waals surface area contributed by atoms with Crippen LogP contribution in [0.4, 0.5) is 4.39 Å². The summed E-state index contributed by atoms with van der Waals surface area (Å²) in [5.41, 5.74) is 1.23. The van der Waals surface area contributed by atoms with E-state index in [4.69, 9.17) is 16.3 Å². The van der Waals surface area contributed by atoms with Crippen molar-refractivity contribution in [1.29, 1.82) is 0 Å². The number of hydrogen-bond acceptors (Lipinski definition) is 4. The van der Waals surface area contributed by atoms with E-state index in [1.807, 2.05) is 6.07 Å². The number of benzene rings is 2. The van der Waals surface area contributed by atoms with Gasteiger partial charge in [0.25, 0.3) is 5.91 Å². The Labute approximate surface area is 147 Å². The second-order valence-corrected chi connectivity index (χ2v) is 5.91. The van der Waals surface area contributed by atoms with E-state index in [-0.39, 0.29) is 12.2 Å². The second kappa shape index (κ2) is 6.18. The predicted molar refractivity (Wildman–Crippen MR) is 88.5 cm³/mol. The fraction of sp³-hybridized carbons (Fsp3) is 0.118. The summed E-state index contributed by atoms with van der Waals surface area (Å²) < 4.78 is 21.1. The molecule has 0 saturated carbocycles. The maximum absolute atomic E-state index is 14.1. The first-order valence-electron chi connectivity index (χ1n) is 7.52. The first-order chi connectivity index (χ1) is 12.1. The molecule has 2 aromatic carbocycles. The average Bonchev–Trinajstić information content (AvgIpc) is 3.26. The van der Waals surface area contributed by atoms with Crippen molar-refractivity contribution in [2.45, 2.75) is 6.04 Å². The third-order valence-corrected chi connectivity index (χ3v) is 4.25. The monoisotopic (exact) mass is 358 g/mol. The molecule has 0 aliphatic carbocycles. The van der Waals surface area contributed by atoms with E-state index in [9.17, 15) is 9.18 Å². The first kappa shape index (κ1) is 15.6. The molecule has 0 spiro atoms. The molecule has 25 heavy (non-hydrogen) atoms. The fourth-order valence-corrected chi connectivity index (χ4v) is 2.98. The molecule has 2 heterocycles. The molecule has 1 amide bonds. The van der Waals surface area contributed by atoms with E-state index >= 15 is 0 Å². The standard InChI is InChI=1S/C17H12ClFN4O2/c18-13-3-1-2-11-15(9-25-16(11)13)21-17(24)12-8-10(4-5-14(12)19)23-7-6-20-22-23/h1-8,15H,9H2,(H,21,24). The lowest BCUT2D eigenvalue weighted by molar-refractivity contribution is 0.0926. The molecular formula is C17H12ClFN4O2. The highest BCUT2D eigenvalue weighted by molar-refractivity contribution is 6.32. The van der Waals surface area contributed by atoms with Crippen LogP contribution in [0.3, 0.4) is 0 Å². The van der Waals surface area contributed by atoms with Gasteiger partial charge in [0.05, 0.1) is 34.7 Å². The number of amides is 1. The molecular weight excluding hydrogens is 347 g/mol. The number of hydrogen-bond donors (Lipinski definition) is 1. The molecule has 1 aromatic heterocycles. The molecule has 1 N–H and O–H groups in total. The van der Waals surface area contributed by atoms with E-state index in [1.165, 1.54) is 29.1 Å². The molecule has 3 aromatic rings. The molecule has 0 bridgehead atoms. The van der Waals surface area contributed by atoms with Crippen LogP contribution in [0.1, 0.15) is 22.0 Å². The van der Waals surface area contributed by atoms with E-state index in [2.05, 4.69) is 15.6 Å². The van der Waals surface area contributed by atoms with Gasteiger partial charge in [-0.2, -0.15) is 0 Å². The van der Waals surface area contributed by atoms with Crippen molar-refractivity contribution >= 4 is 17.5 Å². The Bertz CT molecular complexity index is 946. The van der Waals surface area contributed by atoms with Crippen molar-refractivity contribution in [3.63, 3.8) is 0 Å². The second-order valence-electron chi connectivity index (χ2n) is 5.51. The summed E-state index contributed by atoms with van der Waals surface area (Å²) in [7, 11) is 0. The Morgan fingerprint density at radius 3 is 3.04 bits per heavy atom. The number of carbonyl (C=O) groups excluding carboxylic acids is 1. The quantitative estimate of drug-likeness (QED) is 0.781. The van der Waals surface area contributed by atoms with Gasteiger partial charge in [-0.15, -0.1) is 5.10 Å². The van der Waals surface area contributed by atoms with Crippen molar-refractivity contribution in [3.05, 3.63) is 70.8 Å². The Balaban J connectivity index is 1.61. The maximum Gasteiger partial charge on any atom is 0.254 e. The van der Waals surface area contributed by atoms with Gasteiger partial charge in [0, 0.05) is 5.56 Å². The van der Waals surface area contributed by atoms with Gasteiger partial charge in [-0.25, -0.2) is 9.07 Å². The van der Waals surface area contributed by atoms with Crippen LogP contribution < -0.4 is 10.1 Å². The summed E-state index contributed by atoms with van der Waals surface area (Å²) in [6.07, 6.45) is 3.11. The zero-order chi connectivity index (χ0) is 17.4. The minimum atomic E-state index is -0.619. The van der Waals surface area contributed by atoms with E-state index in [0.29, 0.717) is 16.5 Å². The summed E-state index contributed by atoms with van der Waals surface area (Å²) in [5, 5.41) is 10.8. The number of rotatable bonds is 3. The van der Waals surface area contributed by atoms with Crippen molar-refractivity contribution in [2.75, 3.05) is 6.61 Å². The Kier molecular flexibility index (Phi) is 3.85. The lowest BCUT2D eigenvalue weighted by Crippen LogP contribution is -2.30. The van der Waals surface area contributed by atoms with E-state index in [0.717, 1.165) is 5.56 Å². The number of ether oxygens (including phenoxy) is 1. The average molecular weight is 359 g/mol. The van der Waals surface area contributed by atoms with Crippen LogP contribution in [-0.2, 0) is 0 Å². The van der Waals surface area contributed by atoms with E-state index in [1.54, 1.807) is 18.3 Å². The number of fused-ring (bicyclic) bond motifs is 1. The van der Waals surface area contributed by atoms with Gasteiger partial charge in [-0.1, -0.05) is 28.9 Å². The van der Waals surface area contributed by atoms with Crippen molar-refractivity contribution < 1.29 is 13.9 Å². The number of para-hydroxylation sites is 1. The van der Waals surface area contributed by atoms with Crippen LogP contribution in [0.25, 0.3) is 5.69 Å². The maximum atomic E-state index is 14.1. The molecule has 6 nitrogen and oxygen atoms in total. The van der Waals surface area contributed by atoms with Crippen LogP contribution >= 0.6 is 11.6 Å². The highest BCUT2D eigenvalue weighted by atomic mass is 35.5. The van der Waals surface area contributed by atoms with Gasteiger partial charge in [-0.05, 0) is 24.3 Å². The fourth-order valence-electron chi connectivity index (χ4n) is 2.74. The van der Waals surface area contributed by atoms with Crippen LogP contribution in [0.5, 0.6) is 5.75 Å². The third-order valence-electron chi connectivity index (χ3n) is 3.95. The van der Waals surface area contributed by atoms with Gasteiger partial charge in [0.1, 0.15) is 18.2 Å². The number of carbonyl (C=O) groups is 1. The van der Waals surface area contributed by atoms with Gasteiger partial charge < -0.3 is 10.1 Å². The van der Waals surface area contributed by atoms with Gasteiger partial charge in [-0.3, -0.25) is 4.79 Å². The largest absolute Gasteiger partial charge is 0.489 e. The molecule has 126 valence electrons. The summed E-state index contributed by atoms with van der Waals surface area (Å²) in [6, 6.07) is 9.09. The number of nitrogens with one attached hydrogen (secondary N) is 1. The predicted octanol–water partition coefficient (Wildman–Crippen LogP) is 2.92. The number of nitrogens with zero attached hydrogens (tertiary/aromatic N) is 3. The Morgan fingerprint density at radius 1 is 1.36 bits per heavy atom. The summed E-state index contributed by atoms with van der Waals surface area (Å²) in [4.78, 5) is 12.6. The lowest BCUT2D eigenvalue weighted by Gasteiger charge is -2.13. The van der Waals surface area contributed by atoms with Gasteiger partial charge >= 0.3 is 0 Å². The zero-order valence-corrected chi connectivity index (χ0v) is 13.6. The summed E-state index contributed by atoms with van der Waals surface area (Å²) in [6.45, 7) is 0.245. The molecule has 0 saturated heterocycles. The molecule has 1 aliphatic heterocycles. The summed E-state index contributed by atoms with van der Waals surface area (Å²) >= 11 is 6.08. The molecule has 8 heteroatoms. The lowest BCUT2D eigenvalue weighted by atomic mass is 10.1. The van der Waals surface area contributed by atoms with Gasteiger partial charge in [0.15, 0.2) is 0 Å². The minimum absolute atomic E-state index is 0.0801. The molecule has 4 rings (SSSR count). The SMILES string of the molecule is O=C(NC1COc2c(Cl)cccc21)c1cc(-n2ccnn2)ccc1F. The molecule has 0 fully saturated rings. The van der Waals surface area contributed by atoms with Crippen LogP contribution in [0, 0.1) is 5.82 Å². The normalized spacial score (nSPS) is 15.5. The first-order valence-corrected chi connectivity index (χ1v) is 7.89. The topological polar surface area (TPSA) is 69.0 Å². The smallest absolute Gasteiger partial charge is 0.254 e. The third kappa shape index (κ3) is 2.83. The van der Waals surface area contributed by atoms with Crippen LogP contribution in [-0.4, -0.2) is 27.5 Å². The highest BCUT2D eigenvalue weighted by Crippen LogP contribution is 2.38. The molecule has 1 atom stereocenters. The van der Waals surface area contributed by atoms with Crippen molar-refractivity contribution in [2.24, 2.45) is 0 Å². The van der Waals surface area contributed by atoms with Gasteiger partial charge in [0.2, 0.25) is 0 Å². The zero-order valence-electron chi connectivity index (χ0n) is 12.8. The van der Waals surface area contributed by atoms with Crippen LogP contribution in [0.15, 0.2) is 48.8 Å². The Morgan fingerprint density at radius 2 is 2.24 bits per heavy atom. The highest BCUT2D eigenvalue weighted by Gasteiger charge is 2.28. The van der Waals surface area contributed by atoms with Crippen molar-refractivity contribution in [1.82, 2.24) is 20.3 Å². The van der Waals surface area contributed by atoms with Crippen molar-refractivity contribution in [3.8, 4) is 11.4 Å². The minimum Gasteiger partial charge on any atom is -0.489 e. The molecule has 0 radical (unpaired) electrons. The number of halogens is 2. The summed E-state index contributed by atoms with van der Waals surface area (Å²) in [5.74, 6) is -0.612. The Hall–Kier alpha value is -2.93. The number of aromatic nitrogens is 3.